The van der Waals surface area contributed by atoms with Gasteiger partial charge in [0.25, 0.3) is 0 Å². The molecule has 0 aliphatic heterocycles. The molecule has 2 heteroatoms. The van der Waals surface area contributed by atoms with E-state index in [9.17, 15) is 4.79 Å². The van der Waals surface area contributed by atoms with E-state index in [4.69, 9.17) is 0 Å². The lowest BCUT2D eigenvalue weighted by Gasteiger charge is -2.11. The Morgan fingerprint density at radius 2 is 2.07 bits per heavy atom. The minimum absolute atomic E-state index is 0.781. The van der Waals surface area contributed by atoms with E-state index in [-0.39, 0.29) is 0 Å². The van der Waals surface area contributed by atoms with Crippen LogP contribution in [0.5, 0.6) is 0 Å². The first-order valence-electron chi connectivity index (χ1n) is 5.52. The van der Waals surface area contributed by atoms with Gasteiger partial charge in [-0.2, -0.15) is 0 Å². The molecule has 0 atom stereocenters. The van der Waals surface area contributed by atoms with Gasteiger partial charge in [-0.3, -0.25) is 4.79 Å². The molecule has 2 rings (SSSR count). The van der Waals surface area contributed by atoms with Crippen molar-refractivity contribution in [3.63, 3.8) is 0 Å². The highest BCUT2D eigenvalue weighted by Gasteiger charge is 2.16. The lowest BCUT2D eigenvalue weighted by Crippen LogP contribution is -1.95. The van der Waals surface area contributed by atoms with Gasteiger partial charge in [0.2, 0.25) is 0 Å². The maximum absolute atomic E-state index is 10.6. The summed E-state index contributed by atoms with van der Waals surface area (Å²) in [6, 6.07) is 5.98. The van der Waals surface area contributed by atoms with Crippen LogP contribution in [0.2, 0.25) is 0 Å². The first kappa shape index (κ1) is 10.7. The van der Waals surface area contributed by atoms with E-state index >= 15 is 0 Å². The summed E-state index contributed by atoms with van der Waals surface area (Å²) in [4.78, 5) is 11.9. The SMILES string of the molecule is Cc1cc(C=O)ccc1SC1CCCC1. The summed E-state index contributed by atoms with van der Waals surface area (Å²) >= 11 is 1.98. The lowest BCUT2D eigenvalue weighted by molar-refractivity contribution is 0.112. The molecular weight excluding hydrogens is 204 g/mol. The van der Waals surface area contributed by atoms with Crippen LogP contribution in [-0.4, -0.2) is 11.5 Å². The second-order valence-corrected chi connectivity index (χ2v) is 5.51. The summed E-state index contributed by atoms with van der Waals surface area (Å²) in [5, 5.41) is 0.797. The minimum Gasteiger partial charge on any atom is -0.298 e. The number of aldehydes is 1. The molecular formula is C13H16OS. The van der Waals surface area contributed by atoms with Crippen molar-refractivity contribution in [2.45, 2.75) is 42.8 Å². The second-order valence-electron chi connectivity index (χ2n) is 4.17. The second kappa shape index (κ2) is 4.84. The fourth-order valence-corrected chi connectivity index (χ4v) is 3.38. The molecule has 0 aromatic heterocycles. The largest absolute Gasteiger partial charge is 0.298 e. The fourth-order valence-electron chi connectivity index (χ4n) is 2.06. The van der Waals surface area contributed by atoms with Crippen molar-refractivity contribution in [3.8, 4) is 0 Å². The van der Waals surface area contributed by atoms with Crippen molar-refractivity contribution < 1.29 is 4.79 Å². The zero-order valence-corrected chi connectivity index (χ0v) is 9.85. The van der Waals surface area contributed by atoms with Gasteiger partial charge in [0.15, 0.2) is 0 Å². The number of rotatable bonds is 3. The van der Waals surface area contributed by atoms with Crippen molar-refractivity contribution >= 4 is 18.0 Å². The minimum atomic E-state index is 0.781. The topological polar surface area (TPSA) is 17.1 Å². The molecule has 0 radical (unpaired) electrons. The Labute approximate surface area is 95.3 Å². The van der Waals surface area contributed by atoms with Gasteiger partial charge >= 0.3 is 0 Å². The summed E-state index contributed by atoms with van der Waals surface area (Å²) in [5.41, 5.74) is 2.01. The number of thioether (sulfide) groups is 1. The Balaban J connectivity index is 2.10. The molecule has 80 valence electrons. The van der Waals surface area contributed by atoms with Crippen molar-refractivity contribution in [2.75, 3.05) is 0 Å². The lowest BCUT2D eigenvalue weighted by atomic mass is 10.2. The van der Waals surface area contributed by atoms with Crippen molar-refractivity contribution in [1.29, 1.82) is 0 Å². The van der Waals surface area contributed by atoms with E-state index in [1.807, 2.05) is 23.9 Å². The van der Waals surface area contributed by atoms with Crippen LogP contribution in [0.4, 0.5) is 0 Å². The molecule has 1 aliphatic carbocycles. The molecule has 1 saturated carbocycles. The number of hydrogen-bond donors (Lipinski definition) is 0. The summed E-state index contributed by atoms with van der Waals surface area (Å²) in [6.45, 7) is 2.09. The molecule has 0 spiro atoms. The highest BCUT2D eigenvalue weighted by Crippen LogP contribution is 2.36. The molecule has 1 nitrogen and oxygen atoms in total. The van der Waals surface area contributed by atoms with E-state index in [0.29, 0.717) is 0 Å². The van der Waals surface area contributed by atoms with Crippen LogP contribution >= 0.6 is 11.8 Å². The van der Waals surface area contributed by atoms with E-state index in [2.05, 4.69) is 13.0 Å². The van der Waals surface area contributed by atoms with Gasteiger partial charge < -0.3 is 0 Å². The molecule has 0 unspecified atom stereocenters. The van der Waals surface area contributed by atoms with E-state index in [0.717, 1.165) is 17.1 Å². The quantitative estimate of drug-likeness (QED) is 0.720. The first-order valence-corrected chi connectivity index (χ1v) is 6.40. The fraction of sp³-hybridized carbons (Fsp3) is 0.462. The molecule has 15 heavy (non-hydrogen) atoms. The van der Waals surface area contributed by atoms with E-state index < -0.39 is 0 Å². The van der Waals surface area contributed by atoms with Crippen molar-refractivity contribution in [1.82, 2.24) is 0 Å². The summed E-state index contributed by atoms with van der Waals surface area (Å²) in [6.07, 6.45) is 6.36. The van der Waals surface area contributed by atoms with Gasteiger partial charge in [-0.05, 0) is 37.5 Å². The molecule has 0 amide bonds. The van der Waals surface area contributed by atoms with Gasteiger partial charge in [-0.15, -0.1) is 11.8 Å². The molecule has 0 bridgehead atoms. The summed E-state index contributed by atoms with van der Waals surface area (Å²) in [7, 11) is 0. The van der Waals surface area contributed by atoms with Gasteiger partial charge in [-0.1, -0.05) is 18.9 Å². The normalized spacial score (nSPS) is 16.9. The summed E-state index contributed by atoms with van der Waals surface area (Å²) in [5.74, 6) is 0. The molecule has 0 heterocycles. The van der Waals surface area contributed by atoms with Crippen LogP contribution in [0.15, 0.2) is 23.1 Å². The van der Waals surface area contributed by atoms with E-state index in [1.165, 1.54) is 36.1 Å². The Bertz CT molecular complexity index is 354. The number of carbonyl (C=O) groups is 1. The van der Waals surface area contributed by atoms with Gasteiger partial charge in [0, 0.05) is 15.7 Å². The highest BCUT2D eigenvalue weighted by atomic mass is 32.2. The average Bonchev–Trinajstić information content (AvgIpc) is 2.74. The zero-order chi connectivity index (χ0) is 10.7. The maximum atomic E-state index is 10.6. The third-order valence-electron chi connectivity index (χ3n) is 2.93. The predicted octanol–water partition coefficient (Wildman–Crippen LogP) is 3.84. The smallest absolute Gasteiger partial charge is 0.150 e. The Kier molecular flexibility index (Phi) is 3.47. The van der Waals surface area contributed by atoms with E-state index in [1.54, 1.807) is 0 Å². The monoisotopic (exact) mass is 220 g/mol. The Morgan fingerprint density at radius 1 is 1.33 bits per heavy atom. The Morgan fingerprint density at radius 3 is 2.67 bits per heavy atom. The van der Waals surface area contributed by atoms with Crippen LogP contribution in [0.3, 0.4) is 0 Å². The molecule has 0 N–H and O–H groups in total. The zero-order valence-electron chi connectivity index (χ0n) is 9.03. The molecule has 1 fully saturated rings. The highest BCUT2D eigenvalue weighted by molar-refractivity contribution is 8.00. The predicted molar refractivity (Wildman–Crippen MR) is 64.7 cm³/mol. The van der Waals surface area contributed by atoms with Crippen molar-refractivity contribution in [2.24, 2.45) is 0 Å². The van der Waals surface area contributed by atoms with Crippen LogP contribution in [0.25, 0.3) is 0 Å². The third-order valence-corrected chi connectivity index (χ3v) is 4.45. The van der Waals surface area contributed by atoms with Crippen LogP contribution in [0, 0.1) is 6.92 Å². The standard InChI is InChI=1S/C13H16OS/c1-10-8-11(9-14)6-7-13(10)15-12-4-2-3-5-12/h6-9,12H,2-5H2,1H3. The molecule has 1 aromatic carbocycles. The van der Waals surface area contributed by atoms with Crippen LogP contribution < -0.4 is 0 Å². The number of benzene rings is 1. The average molecular weight is 220 g/mol. The van der Waals surface area contributed by atoms with Crippen molar-refractivity contribution in [3.05, 3.63) is 29.3 Å². The van der Waals surface area contributed by atoms with Gasteiger partial charge in [-0.25, -0.2) is 0 Å². The van der Waals surface area contributed by atoms with Gasteiger partial charge in [0.1, 0.15) is 6.29 Å². The summed E-state index contributed by atoms with van der Waals surface area (Å²) < 4.78 is 0. The van der Waals surface area contributed by atoms with Crippen LogP contribution in [-0.2, 0) is 0 Å². The first-order chi connectivity index (χ1) is 7.29. The Hall–Kier alpha value is -0.760. The molecule has 0 saturated heterocycles. The maximum Gasteiger partial charge on any atom is 0.150 e. The molecule has 1 aliphatic rings. The third kappa shape index (κ3) is 2.63. The number of hydrogen-bond acceptors (Lipinski definition) is 2. The van der Waals surface area contributed by atoms with Crippen LogP contribution in [0.1, 0.15) is 41.6 Å². The molecule has 1 aromatic rings. The number of carbonyl (C=O) groups excluding carboxylic acids is 1. The van der Waals surface area contributed by atoms with Gasteiger partial charge in [0.05, 0.1) is 0 Å². The number of aryl methyl sites for hydroxylation is 1.